The van der Waals surface area contributed by atoms with Crippen LogP contribution in [0.5, 0.6) is 0 Å². The maximum Gasteiger partial charge on any atom is 0.341 e. The number of ether oxygens (including phenoxy) is 1. The van der Waals surface area contributed by atoms with Crippen molar-refractivity contribution in [3.8, 4) is 0 Å². The fourth-order valence-electron chi connectivity index (χ4n) is 3.72. The van der Waals surface area contributed by atoms with Crippen LogP contribution in [-0.4, -0.2) is 39.6 Å². The first-order chi connectivity index (χ1) is 9.97. The molecule has 3 rings (SSSR count). The number of carboxylic acid groups (broad SMARTS) is 1. The number of hydrogen-bond acceptors (Lipinski definition) is 4. The molecule has 1 saturated carbocycles. The molecule has 0 radical (unpaired) electrons. The Hall–Kier alpha value is -1.50. The van der Waals surface area contributed by atoms with E-state index in [9.17, 15) is 15.0 Å². The number of aromatic carboxylic acids is 1. The van der Waals surface area contributed by atoms with Crippen molar-refractivity contribution in [2.45, 2.75) is 37.7 Å². The van der Waals surface area contributed by atoms with Crippen molar-refractivity contribution in [1.29, 1.82) is 0 Å². The third-order valence-electron chi connectivity index (χ3n) is 5.01. The topological polar surface area (TPSA) is 90.9 Å². The van der Waals surface area contributed by atoms with Crippen LogP contribution in [0.2, 0.25) is 0 Å². The summed E-state index contributed by atoms with van der Waals surface area (Å²) in [4.78, 5) is 11.0. The van der Waals surface area contributed by atoms with Crippen molar-refractivity contribution >= 4 is 5.97 Å². The van der Waals surface area contributed by atoms with E-state index in [1.165, 1.54) is 6.07 Å². The summed E-state index contributed by atoms with van der Waals surface area (Å²) in [5.74, 6) is -1.22. The summed E-state index contributed by atoms with van der Waals surface area (Å²) < 4.78 is 7.87. The second-order valence-electron chi connectivity index (χ2n) is 6.06. The van der Waals surface area contributed by atoms with E-state index >= 15 is 0 Å². The Kier molecular flexibility index (Phi) is 3.47. The molecule has 2 aliphatic rings. The third-order valence-corrected chi connectivity index (χ3v) is 5.01. The average molecular weight is 294 g/mol. The molecule has 0 bridgehead atoms. The van der Waals surface area contributed by atoms with E-state index in [1.54, 1.807) is 23.0 Å². The van der Waals surface area contributed by atoms with E-state index in [1.807, 2.05) is 6.92 Å². The molecular formula is C15H20NO5+. The van der Waals surface area contributed by atoms with E-state index in [-0.39, 0.29) is 30.2 Å². The molecule has 1 aliphatic heterocycles. The minimum atomic E-state index is -0.975. The number of carbonyl (C=O) groups is 1. The second kappa shape index (κ2) is 5.05. The predicted octanol–water partition coefficient (Wildman–Crippen LogP) is 0.339. The molecule has 0 aromatic carbocycles. The lowest BCUT2D eigenvalue weighted by atomic mass is 9.57. The first-order valence-corrected chi connectivity index (χ1v) is 7.18. The molecule has 1 aromatic heterocycles. The fraction of sp³-hybridized carbons (Fsp3) is 0.600. The maximum absolute atomic E-state index is 11.0. The Morgan fingerprint density at radius 1 is 1.52 bits per heavy atom. The number of pyridine rings is 1. The highest BCUT2D eigenvalue weighted by Gasteiger charge is 2.63. The van der Waals surface area contributed by atoms with Gasteiger partial charge in [0.15, 0.2) is 12.4 Å². The Balaban J connectivity index is 1.82. The van der Waals surface area contributed by atoms with E-state index in [4.69, 9.17) is 9.84 Å². The molecule has 114 valence electrons. The van der Waals surface area contributed by atoms with Crippen LogP contribution in [0.1, 0.15) is 36.4 Å². The second-order valence-corrected chi connectivity index (χ2v) is 6.06. The van der Waals surface area contributed by atoms with Gasteiger partial charge in [-0.15, -0.1) is 0 Å². The molecule has 0 spiro atoms. The van der Waals surface area contributed by atoms with Gasteiger partial charge in [-0.1, -0.05) is 0 Å². The minimum absolute atomic E-state index is 0.0363. The Labute approximate surface area is 122 Å². The van der Waals surface area contributed by atoms with Gasteiger partial charge in [0, 0.05) is 24.3 Å². The van der Waals surface area contributed by atoms with Gasteiger partial charge in [0.2, 0.25) is 0 Å². The van der Waals surface area contributed by atoms with Crippen LogP contribution in [0.15, 0.2) is 24.5 Å². The first-order valence-electron chi connectivity index (χ1n) is 7.18. The van der Waals surface area contributed by atoms with Crippen LogP contribution in [0.3, 0.4) is 0 Å². The Morgan fingerprint density at radius 3 is 2.95 bits per heavy atom. The summed E-state index contributed by atoms with van der Waals surface area (Å²) in [6.07, 6.45) is 4.05. The van der Waals surface area contributed by atoms with Crippen molar-refractivity contribution in [2.24, 2.45) is 11.8 Å². The summed E-state index contributed by atoms with van der Waals surface area (Å²) in [6, 6.07) is 3.22. The van der Waals surface area contributed by atoms with Crippen LogP contribution in [-0.2, 0) is 4.74 Å². The highest BCUT2D eigenvalue weighted by atomic mass is 16.5. The fourth-order valence-corrected chi connectivity index (χ4v) is 3.72. The monoisotopic (exact) mass is 294 g/mol. The molecule has 6 nitrogen and oxygen atoms in total. The highest BCUT2D eigenvalue weighted by Crippen LogP contribution is 2.53. The Morgan fingerprint density at radius 2 is 2.29 bits per heavy atom. The number of rotatable bonds is 3. The number of hydrogen-bond donors (Lipinski definition) is 3. The predicted molar refractivity (Wildman–Crippen MR) is 71.4 cm³/mol. The third kappa shape index (κ3) is 2.14. The lowest BCUT2D eigenvalue weighted by molar-refractivity contribution is -0.775. The first kappa shape index (κ1) is 14.4. The molecule has 3 N–H and O–H groups in total. The van der Waals surface area contributed by atoms with Gasteiger partial charge in [-0.2, -0.15) is 4.57 Å². The van der Waals surface area contributed by atoms with Gasteiger partial charge in [-0.3, -0.25) is 0 Å². The zero-order valence-electron chi connectivity index (χ0n) is 11.8. The Bertz CT molecular complexity index is 555. The largest absolute Gasteiger partial charge is 0.477 e. The lowest BCUT2D eigenvalue weighted by Crippen LogP contribution is -2.70. The molecule has 0 amide bonds. The van der Waals surface area contributed by atoms with Crippen molar-refractivity contribution in [2.75, 3.05) is 6.61 Å². The zero-order valence-corrected chi connectivity index (χ0v) is 11.8. The van der Waals surface area contributed by atoms with Gasteiger partial charge < -0.3 is 20.1 Å². The molecule has 2 fully saturated rings. The van der Waals surface area contributed by atoms with Crippen LogP contribution in [0, 0.1) is 11.8 Å². The number of nitrogens with zero attached hydrogens (tertiary/aromatic N) is 1. The number of aliphatic hydroxyl groups excluding tert-OH is 2. The number of aliphatic hydroxyl groups is 2. The van der Waals surface area contributed by atoms with Crippen molar-refractivity contribution in [3.05, 3.63) is 30.1 Å². The van der Waals surface area contributed by atoms with E-state index in [2.05, 4.69) is 0 Å². The normalized spacial score (nSPS) is 38.4. The van der Waals surface area contributed by atoms with Gasteiger partial charge >= 0.3 is 5.97 Å². The lowest BCUT2D eigenvalue weighted by Gasteiger charge is -2.59. The smallest absolute Gasteiger partial charge is 0.341 e. The summed E-state index contributed by atoms with van der Waals surface area (Å²) in [5, 5.41) is 28.5. The quantitative estimate of drug-likeness (QED) is 0.699. The molecule has 1 aromatic rings. The number of carboxylic acids is 1. The van der Waals surface area contributed by atoms with Gasteiger partial charge in [-0.05, 0) is 19.4 Å². The van der Waals surface area contributed by atoms with Gasteiger partial charge in [0.1, 0.15) is 5.56 Å². The minimum Gasteiger partial charge on any atom is -0.477 e. The molecule has 6 heteroatoms. The summed E-state index contributed by atoms with van der Waals surface area (Å²) in [5.41, 5.74) is -0.343. The van der Waals surface area contributed by atoms with Gasteiger partial charge in [0.05, 0.1) is 18.3 Å². The molecule has 1 aliphatic carbocycles. The molecule has 21 heavy (non-hydrogen) atoms. The van der Waals surface area contributed by atoms with Gasteiger partial charge in [-0.25, -0.2) is 4.79 Å². The van der Waals surface area contributed by atoms with Crippen LogP contribution >= 0.6 is 0 Å². The number of fused-ring (bicyclic) bond motifs is 1. The standard InChI is InChI=1S/C15H19NO5/c1-15-10(13(18)11(15)8-17)4-5-12(21-15)16-6-2-3-9(7-16)14(19)20/h2-3,6-7,10-13,17-18H,4-5,8H2,1H3/p+1/t10?,11?,12-,13?,15?/m1/s1. The molecule has 5 atom stereocenters. The van der Waals surface area contributed by atoms with E-state index in [0.29, 0.717) is 6.42 Å². The van der Waals surface area contributed by atoms with Crippen LogP contribution in [0.4, 0.5) is 0 Å². The van der Waals surface area contributed by atoms with Crippen LogP contribution < -0.4 is 4.57 Å². The van der Waals surface area contributed by atoms with E-state index < -0.39 is 17.7 Å². The molecular weight excluding hydrogens is 274 g/mol. The van der Waals surface area contributed by atoms with Crippen molar-refractivity contribution < 1.29 is 29.4 Å². The SMILES string of the molecule is CC12O[C@@H]([n+]3cccc(C(=O)O)c3)CCC1C(O)C2CO. The molecule has 1 saturated heterocycles. The summed E-state index contributed by atoms with van der Waals surface area (Å²) >= 11 is 0. The molecule has 4 unspecified atom stereocenters. The highest BCUT2D eigenvalue weighted by molar-refractivity contribution is 5.86. The molecule has 2 heterocycles. The van der Waals surface area contributed by atoms with Crippen LogP contribution in [0.25, 0.3) is 0 Å². The van der Waals surface area contributed by atoms with Crippen molar-refractivity contribution in [1.82, 2.24) is 0 Å². The van der Waals surface area contributed by atoms with Gasteiger partial charge in [0.25, 0.3) is 6.23 Å². The summed E-state index contributed by atoms with van der Waals surface area (Å²) in [7, 11) is 0. The maximum atomic E-state index is 11.0. The average Bonchev–Trinajstić information content (AvgIpc) is 2.47. The summed E-state index contributed by atoms with van der Waals surface area (Å²) in [6.45, 7) is 1.81. The zero-order chi connectivity index (χ0) is 15.2. The number of aromatic nitrogens is 1. The van der Waals surface area contributed by atoms with Crippen molar-refractivity contribution in [3.63, 3.8) is 0 Å². The van der Waals surface area contributed by atoms with E-state index in [0.717, 1.165) is 6.42 Å².